The molecule has 0 radical (unpaired) electrons. The first-order valence-electron chi connectivity index (χ1n) is 6.56. The lowest BCUT2D eigenvalue weighted by molar-refractivity contribution is -0.139. The van der Waals surface area contributed by atoms with Crippen LogP contribution in [0.1, 0.15) is 24.8 Å². The van der Waals surface area contributed by atoms with Crippen LogP contribution >= 0.6 is 11.6 Å². The van der Waals surface area contributed by atoms with Gasteiger partial charge in [-0.1, -0.05) is 36.8 Å². The average molecular weight is 317 g/mol. The molecular weight excluding hydrogens is 296 g/mol. The third-order valence-corrected chi connectivity index (χ3v) is 2.64. The van der Waals surface area contributed by atoms with Gasteiger partial charge in [-0.15, -0.1) is 0 Å². The van der Waals surface area contributed by atoms with Gasteiger partial charge in [-0.3, -0.25) is 4.79 Å². The Morgan fingerprint density at radius 2 is 1.76 bits per heavy atom. The van der Waals surface area contributed by atoms with Gasteiger partial charge < -0.3 is 21.3 Å². The van der Waals surface area contributed by atoms with E-state index in [0.29, 0.717) is 19.5 Å². The molecule has 0 aliphatic carbocycles. The van der Waals surface area contributed by atoms with Crippen LogP contribution in [-0.2, 0) is 11.3 Å². The van der Waals surface area contributed by atoms with E-state index in [2.05, 4.69) is 16.9 Å². The number of carboxylic acid groups (broad SMARTS) is 2. The lowest BCUT2D eigenvalue weighted by Gasteiger charge is -2.14. The number of carbonyl (C=O) groups is 2. The van der Waals surface area contributed by atoms with Crippen LogP contribution in [0.3, 0.4) is 0 Å². The Kier molecular flexibility index (Phi) is 11.2. The Bertz CT molecular complexity index is 411. The molecule has 0 heterocycles. The van der Waals surface area contributed by atoms with Crippen molar-refractivity contribution in [1.82, 2.24) is 5.32 Å². The van der Waals surface area contributed by atoms with Crippen LogP contribution in [-0.4, -0.2) is 34.2 Å². The van der Waals surface area contributed by atoms with Crippen molar-refractivity contribution in [3.8, 4) is 0 Å². The maximum absolute atomic E-state index is 11.0. The molecule has 7 heteroatoms. The number of nitrogens with two attached hydrogens (primary N) is 1. The largest absolute Gasteiger partial charge is 0.480 e. The van der Waals surface area contributed by atoms with E-state index in [9.17, 15) is 4.79 Å². The van der Waals surface area contributed by atoms with Crippen LogP contribution in [0, 0.1) is 0 Å². The number of nitrogens with one attached hydrogen (secondary N) is 1. The van der Waals surface area contributed by atoms with E-state index in [0.717, 1.165) is 18.4 Å². The Balaban J connectivity index is 0.000000885. The number of unbranched alkanes of at least 4 members (excludes halogenated alkanes) is 1. The molecule has 0 unspecified atom stereocenters. The molecule has 1 rings (SSSR count). The number of carboxylic acids is 1. The van der Waals surface area contributed by atoms with Gasteiger partial charge in [-0.25, -0.2) is 4.79 Å². The zero-order chi connectivity index (χ0) is 16.1. The number of benzene rings is 1. The van der Waals surface area contributed by atoms with Crippen molar-refractivity contribution in [1.29, 1.82) is 0 Å². The summed E-state index contributed by atoms with van der Waals surface area (Å²) in [5.74, 6) is -0.794. The Hall–Kier alpha value is -1.63. The summed E-state index contributed by atoms with van der Waals surface area (Å²) in [5, 5.41) is 19.3. The second kappa shape index (κ2) is 12.1. The summed E-state index contributed by atoms with van der Waals surface area (Å²) < 4.78 is 0. The molecule has 0 aliphatic rings. The summed E-state index contributed by atoms with van der Waals surface area (Å²) in [4.78, 5) is 19.8. The average Bonchev–Trinajstić information content (AvgIpc) is 2.43. The number of rotatable bonds is 8. The van der Waals surface area contributed by atoms with E-state index in [1.165, 1.54) is 0 Å². The topological polar surface area (TPSA) is 113 Å². The molecule has 0 bridgehead atoms. The van der Waals surface area contributed by atoms with Gasteiger partial charge in [0, 0.05) is 18.1 Å². The van der Waals surface area contributed by atoms with Gasteiger partial charge >= 0.3 is 11.4 Å². The number of halogens is 1. The standard InChI is InChI=1S/C13H20N2O2.CHClO2/c14-9-5-4-8-12(13(16)17)15-10-11-6-2-1-3-7-11;2-1(3)4/h1-3,6-7,12,15H,4-5,8-10,14H2,(H,16,17);(H,3,4)/t12-;/m0./s1. The lowest BCUT2D eigenvalue weighted by Crippen LogP contribution is -2.36. The molecule has 1 atom stereocenters. The first kappa shape index (κ1) is 19.4. The molecule has 0 aliphatic heterocycles. The predicted octanol–water partition coefficient (Wildman–Crippen LogP) is 2.26. The maximum atomic E-state index is 11.0. The van der Waals surface area contributed by atoms with E-state index in [4.69, 9.17) is 20.7 Å². The number of hydrogen-bond donors (Lipinski definition) is 4. The zero-order valence-electron chi connectivity index (χ0n) is 11.7. The van der Waals surface area contributed by atoms with Crippen molar-refractivity contribution in [3.05, 3.63) is 35.9 Å². The van der Waals surface area contributed by atoms with E-state index in [-0.39, 0.29) is 0 Å². The van der Waals surface area contributed by atoms with E-state index in [1.54, 1.807) is 0 Å². The normalized spacial score (nSPS) is 11.1. The lowest BCUT2D eigenvalue weighted by atomic mass is 10.1. The van der Waals surface area contributed by atoms with Crippen LogP contribution in [0.4, 0.5) is 4.79 Å². The molecule has 0 aromatic heterocycles. The van der Waals surface area contributed by atoms with Crippen molar-refractivity contribution in [2.75, 3.05) is 6.54 Å². The molecule has 0 amide bonds. The second-order valence-electron chi connectivity index (χ2n) is 4.29. The van der Waals surface area contributed by atoms with Gasteiger partial charge in [0.15, 0.2) is 0 Å². The minimum Gasteiger partial charge on any atom is -0.480 e. The van der Waals surface area contributed by atoms with Gasteiger partial charge in [-0.05, 0) is 24.9 Å². The van der Waals surface area contributed by atoms with Gasteiger partial charge in [0.1, 0.15) is 6.04 Å². The first-order valence-corrected chi connectivity index (χ1v) is 6.93. The fraction of sp³-hybridized carbons (Fsp3) is 0.429. The Morgan fingerprint density at radius 1 is 1.19 bits per heavy atom. The van der Waals surface area contributed by atoms with Gasteiger partial charge in [0.25, 0.3) is 0 Å². The summed E-state index contributed by atoms with van der Waals surface area (Å²) >= 11 is 4.19. The van der Waals surface area contributed by atoms with Crippen molar-refractivity contribution in [2.24, 2.45) is 5.73 Å². The smallest absolute Gasteiger partial charge is 0.401 e. The third-order valence-electron chi connectivity index (χ3n) is 2.64. The number of hydrogen-bond acceptors (Lipinski definition) is 4. The highest BCUT2D eigenvalue weighted by Crippen LogP contribution is 2.03. The maximum Gasteiger partial charge on any atom is 0.401 e. The van der Waals surface area contributed by atoms with Gasteiger partial charge in [0.05, 0.1) is 0 Å². The molecule has 0 spiro atoms. The minimum atomic E-state index is -1.36. The molecule has 0 saturated heterocycles. The van der Waals surface area contributed by atoms with Gasteiger partial charge in [-0.2, -0.15) is 0 Å². The number of aliphatic carboxylic acids is 1. The second-order valence-corrected chi connectivity index (χ2v) is 4.62. The molecule has 0 saturated carbocycles. The van der Waals surface area contributed by atoms with E-state index >= 15 is 0 Å². The SMILES string of the molecule is NCCCC[C@H](NCc1ccccc1)C(=O)O.O=C(O)Cl. The Labute approximate surface area is 128 Å². The summed E-state index contributed by atoms with van der Waals surface area (Å²) in [6, 6.07) is 9.31. The highest BCUT2D eigenvalue weighted by Gasteiger charge is 2.15. The predicted molar refractivity (Wildman–Crippen MR) is 81.5 cm³/mol. The first-order chi connectivity index (χ1) is 9.97. The van der Waals surface area contributed by atoms with E-state index < -0.39 is 17.4 Å². The molecule has 1 aromatic rings. The third kappa shape index (κ3) is 11.9. The summed E-state index contributed by atoms with van der Waals surface area (Å²) in [6.07, 6.45) is 2.34. The van der Waals surface area contributed by atoms with Crippen molar-refractivity contribution >= 4 is 23.0 Å². The van der Waals surface area contributed by atoms with Crippen molar-refractivity contribution in [3.63, 3.8) is 0 Å². The zero-order valence-corrected chi connectivity index (χ0v) is 12.4. The summed E-state index contributed by atoms with van der Waals surface area (Å²) in [7, 11) is 0. The summed E-state index contributed by atoms with van der Waals surface area (Å²) in [5.41, 5.74) is 5.12. The Morgan fingerprint density at radius 3 is 2.24 bits per heavy atom. The molecule has 1 aromatic carbocycles. The highest BCUT2D eigenvalue weighted by molar-refractivity contribution is 6.60. The van der Waals surface area contributed by atoms with Crippen LogP contribution in [0.15, 0.2) is 30.3 Å². The van der Waals surface area contributed by atoms with Crippen molar-refractivity contribution in [2.45, 2.75) is 31.8 Å². The molecule has 6 nitrogen and oxygen atoms in total. The van der Waals surface area contributed by atoms with E-state index in [1.807, 2.05) is 30.3 Å². The molecule has 21 heavy (non-hydrogen) atoms. The van der Waals surface area contributed by atoms with Crippen molar-refractivity contribution < 1.29 is 19.8 Å². The molecular formula is C14H21ClN2O4. The fourth-order valence-electron chi connectivity index (χ4n) is 1.64. The monoisotopic (exact) mass is 316 g/mol. The van der Waals surface area contributed by atoms with Crippen LogP contribution in [0.5, 0.6) is 0 Å². The quantitative estimate of drug-likeness (QED) is 0.432. The summed E-state index contributed by atoms with van der Waals surface area (Å²) in [6.45, 7) is 1.20. The van der Waals surface area contributed by atoms with Crippen LogP contribution < -0.4 is 11.1 Å². The molecule has 0 fully saturated rings. The van der Waals surface area contributed by atoms with Gasteiger partial charge in [0.2, 0.25) is 0 Å². The molecule has 118 valence electrons. The van der Waals surface area contributed by atoms with Crippen LogP contribution in [0.2, 0.25) is 0 Å². The fourth-order valence-corrected chi connectivity index (χ4v) is 1.64. The minimum absolute atomic E-state index is 0.484. The van der Waals surface area contributed by atoms with Crippen LogP contribution in [0.25, 0.3) is 0 Å². The molecule has 5 N–H and O–H groups in total. The highest BCUT2D eigenvalue weighted by atomic mass is 35.5.